The molecule has 0 saturated carbocycles. The lowest BCUT2D eigenvalue weighted by molar-refractivity contribution is -0.172. The first-order valence-electron chi connectivity index (χ1n) is 12.1. The molecule has 0 aliphatic heterocycles. The average molecular weight is 485 g/mol. The zero-order chi connectivity index (χ0) is 25.6. The van der Waals surface area contributed by atoms with Crippen molar-refractivity contribution in [2.45, 2.75) is 64.6 Å². The van der Waals surface area contributed by atoms with Gasteiger partial charge in [0.15, 0.2) is 6.10 Å². The lowest BCUT2D eigenvalue weighted by Gasteiger charge is -2.20. The number of aliphatic hydroxyl groups is 1. The van der Waals surface area contributed by atoms with Gasteiger partial charge in [0, 0.05) is 0 Å². The van der Waals surface area contributed by atoms with Crippen molar-refractivity contribution in [1.29, 1.82) is 0 Å². The van der Waals surface area contributed by atoms with Crippen LogP contribution in [-0.4, -0.2) is 48.4 Å². The van der Waals surface area contributed by atoms with Crippen molar-refractivity contribution in [2.75, 3.05) is 13.2 Å². The topological polar surface area (TPSA) is 99.1 Å². The Hall–Kier alpha value is -3.19. The molecular formula is C28H36O7. The fourth-order valence-corrected chi connectivity index (χ4v) is 3.62. The van der Waals surface area contributed by atoms with E-state index in [2.05, 4.69) is 24.3 Å². The summed E-state index contributed by atoms with van der Waals surface area (Å²) in [5, 5.41) is 9.12. The molecule has 2 rings (SSSR count). The number of hydrogen-bond acceptors (Lipinski definition) is 7. The van der Waals surface area contributed by atoms with E-state index < -0.39 is 24.1 Å². The molecule has 0 aromatic heterocycles. The molecule has 0 saturated heterocycles. The van der Waals surface area contributed by atoms with Gasteiger partial charge in [-0.1, -0.05) is 67.6 Å². The van der Waals surface area contributed by atoms with Crippen molar-refractivity contribution in [2.24, 2.45) is 5.92 Å². The fraction of sp³-hybridized carbons (Fsp3) is 0.464. The van der Waals surface area contributed by atoms with Crippen LogP contribution in [0.1, 0.15) is 57.1 Å². The standard InChI is InChI=1S/C28H36O7/c1-20(26(30)33-18-19-34-28(32)22(3)35-27(31)21(2)29)14-16-25(24-12-8-5-9-13-24)17-15-23-10-6-4-7-11-23/h4-13,20-22,25,29H,14-19H2,1-3H3/t20?,21-,22-,25?/m0/s1. The van der Waals surface area contributed by atoms with Crippen LogP contribution in [0.2, 0.25) is 0 Å². The second kappa shape index (κ2) is 14.9. The van der Waals surface area contributed by atoms with E-state index in [-0.39, 0.29) is 25.1 Å². The molecule has 0 heterocycles. The van der Waals surface area contributed by atoms with E-state index in [4.69, 9.17) is 19.3 Å². The Morgan fingerprint density at radius 1 is 0.743 bits per heavy atom. The summed E-state index contributed by atoms with van der Waals surface area (Å²) in [5.41, 5.74) is 2.56. The quantitative estimate of drug-likeness (QED) is 0.243. The number of carbonyl (C=O) groups excluding carboxylic acids is 3. The third-order valence-corrected chi connectivity index (χ3v) is 5.78. The number of carbonyl (C=O) groups is 3. The van der Waals surface area contributed by atoms with Gasteiger partial charge in [-0.15, -0.1) is 0 Å². The van der Waals surface area contributed by atoms with Crippen LogP contribution in [0.15, 0.2) is 60.7 Å². The van der Waals surface area contributed by atoms with Gasteiger partial charge in [0.05, 0.1) is 5.92 Å². The third-order valence-electron chi connectivity index (χ3n) is 5.78. The van der Waals surface area contributed by atoms with Crippen LogP contribution in [0.3, 0.4) is 0 Å². The van der Waals surface area contributed by atoms with Gasteiger partial charge in [-0.05, 0) is 56.6 Å². The number of hydrogen-bond donors (Lipinski definition) is 1. The van der Waals surface area contributed by atoms with Crippen LogP contribution in [-0.2, 0) is 35.0 Å². The molecule has 4 atom stereocenters. The Labute approximate surface area is 207 Å². The molecule has 0 bridgehead atoms. The summed E-state index contributed by atoms with van der Waals surface area (Å²) in [5.74, 6) is -1.98. The van der Waals surface area contributed by atoms with Gasteiger partial charge in [-0.2, -0.15) is 0 Å². The van der Waals surface area contributed by atoms with Gasteiger partial charge in [0.1, 0.15) is 19.3 Å². The molecule has 2 unspecified atom stereocenters. The Bertz CT molecular complexity index is 911. The average Bonchev–Trinajstić information content (AvgIpc) is 2.87. The summed E-state index contributed by atoms with van der Waals surface area (Å²) in [4.78, 5) is 35.6. The van der Waals surface area contributed by atoms with E-state index in [9.17, 15) is 14.4 Å². The molecule has 7 heteroatoms. The highest BCUT2D eigenvalue weighted by Crippen LogP contribution is 2.28. The number of benzene rings is 2. The van der Waals surface area contributed by atoms with Gasteiger partial charge in [-0.25, -0.2) is 9.59 Å². The molecule has 2 aromatic carbocycles. The lowest BCUT2D eigenvalue weighted by atomic mass is 9.86. The van der Waals surface area contributed by atoms with Crippen molar-refractivity contribution in [3.63, 3.8) is 0 Å². The second-order valence-corrected chi connectivity index (χ2v) is 8.70. The molecule has 0 amide bonds. The molecule has 0 aliphatic rings. The minimum atomic E-state index is -1.33. The first-order valence-corrected chi connectivity index (χ1v) is 12.1. The smallest absolute Gasteiger partial charge is 0.347 e. The van der Waals surface area contributed by atoms with E-state index in [0.29, 0.717) is 12.3 Å². The third kappa shape index (κ3) is 10.3. The monoisotopic (exact) mass is 484 g/mol. The summed E-state index contributed by atoms with van der Waals surface area (Å²) in [6.45, 7) is 4.20. The Morgan fingerprint density at radius 3 is 1.91 bits per heavy atom. The molecule has 2 aromatic rings. The highest BCUT2D eigenvalue weighted by Gasteiger charge is 2.22. The van der Waals surface area contributed by atoms with Crippen LogP contribution in [0.4, 0.5) is 0 Å². The second-order valence-electron chi connectivity index (χ2n) is 8.70. The number of rotatable bonds is 14. The van der Waals surface area contributed by atoms with Crippen LogP contribution in [0, 0.1) is 5.92 Å². The van der Waals surface area contributed by atoms with E-state index in [1.165, 1.54) is 25.0 Å². The maximum Gasteiger partial charge on any atom is 0.347 e. The van der Waals surface area contributed by atoms with Crippen molar-refractivity contribution in [3.8, 4) is 0 Å². The minimum Gasteiger partial charge on any atom is -0.462 e. The molecule has 0 aliphatic carbocycles. The van der Waals surface area contributed by atoms with E-state index in [1.54, 1.807) is 0 Å². The molecule has 0 fully saturated rings. The van der Waals surface area contributed by atoms with Gasteiger partial charge < -0.3 is 19.3 Å². The zero-order valence-corrected chi connectivity index (χ0v) is 20.7. The molecule has 7 nitrogen and oxygen atoms in total. The number of ether oxygens (including phenoxy) is 3. The minimum absolute atomic E-state index is 0.0812. The SMILES string of the molecule is CC(CCC(CCc1ccccc1)c1ccccc1)C(=O)OCCOC(=O)[C@H](C)OC(=O)[C@H](C)O. The van der Waals surface area contributed by atoms with Crippen LogP contribution in [0.5, 0.6) is 0 Å². The maximum absolute atomic E-state index is 12.4. The van der Waals surface area contributed by atoms with Crippen molar-refractivity contribution in [1.82, 2.24) is 0 Å². The van der Waals surface area contributed by atoms with E-state index in [0.717, 1.165) is 19.3 Å². The fourth-order valence-electron chi connectivity index (χ4n) is 3.62. The molecule has 0 spiro atoms. The predicted octanol–water partition coefficient (Wildman–Crippen LogP) is 4.22. The number of aliphatic hydroxyl groups excluding tert-OH is 1. The van der Waals surface area contributed by atoms with Gasteiger partial charge in [0.25, 0.3) is 0 Å². The van der Waals surface area contributed by atoms with Gasteiger partial charge >= 0.3 is 17.9 Å². The molecule has 35 heavy (non-hydrogen) atoms. The van der Waals surface area contributed by atoms with Crippen molar-refractivity contribution < 1.29 is 33.7 Å². The van der Waals surface area contributed by atoms with E-state index >= 15 is 0 Å². The first-order chi connectivity index (χ1) is 16.8. The van der Waals surface area contributed by atoms with Crippen molar-refractivity contribution >= 4 is 17.9 Å². The van der Waals surface area contributed by atoms with Crippen LogP contribution in [0.25, 0.3) is 0 Å². The number of esters is 3. The predicted molar refractivity (Wildman–Crippen MR) is 131 cm³/mol. The first kappa shape index (κ1) is 28.1. The summed E-state index contributed by atoms with van der Waals surface area (Å²) >= 11 is 0. The zero-order valence-electron chi connectivity index (χ0n) is 20.7. The normalized spacial score (nSPS) is 14.3. The van der Waals surface area contributed by atoms with Crippen molar-refractivity contribution in [3.05, 3.63) is 71.8 Å². The highest BCUT2D eigenvalue weighted by atomic mass is 16.6. The summed E-state index contributed by atoms with van der Waals surface area (Å²) in [6.07, 6.45) is 1.01. The van der Waals surface area contributed by atoms with Gasteiger partial charge in [0.2, 0.25) is 0 Å². The molecule has 1 N–H and O–H groups in total. The largest absolute Gasteiger partial charge is 0.462 e. The van der Waals surface area contributed by atoms with Crippen LogP contribution >= 0.6 is 0 Å². The lowest BCUT2D eigenvalue weighted by Crippen LogP contribution is -2.31. The summed E-state index contributed by atoms with van der Waals surface area (Å²) in [7, 11) is 0. The Morgan fingerprint density at radius 2 is 1.31 bits per heavy atom. The Kier molecular flexibility index (Phi) is 12.0. The molecular weight excluding hydrogens is 448 g/mol. The van der Waals surface area contributed by atoms with Crippen LogP contribution < -0.4 is 0 Å². The van der Waals surface area contributed by atoms with E-state index in [1.807, 2.05) is 43.3 Å². The summed E-state index contributed by atoms with van der Waals surface area (Å²) in [6, 6.07) is 20.7. The number of aryl methyl sites for hydroxylation is 1. The molecule has 190 valence electrons. The summed E-state index contributed by atoms with van der Waals surface area (Å²) < 4.78 is 15.0. The Balaban J connectivity index is 1.75. The highest BCUT2D eigenvalue weighted by molar-refractivity contribution is 5.80. The maximum atomic E-state index is 12.4. The molecule has 0 radical (unpaired) electrons. The van der Waals surface area contributed by atoms with Gasteiger partial charge in [-0.3, -0.25) is 4.79 Å².